The first kappa shape index (κ1) is 26.0. The molecule has 0 aliphatic rings. The van der Waals surface area contributed by atoms with Crippen molar-refractivity contribution in [1.82, 2.24) is 4.90 Å². The fraction of sp³-hybridized carbons (Fsp3) is 0.310. The van der Waals surface area contributed by atoms with E-state index in [1.165, 1.54) is 12.5 Å². The molecule has 0 saturated heterocycles. The maximum atomic E-state index is 12.8. The van der Waals surface area contributed by atoms with Crippen LogP contribution in [0, 0.1) is 0 Å². The highest BCUT2D eigenvalue weighted by Crippen LogP contribution is 2.22. The van der Waals surface area contributed by atoms with Crippen molar-refractivity contribution in [3.8, 4) is 11.5 Å². The highest BCUT2D eigenvalue weighted by Gasteiger charge is 2.19. The molecule has 0 radical (unpaired) electrons. The number of Topliss-reactive ketones (excluding diaryl/α,β-unsaturated/α-hetero) is 1. The summed E-state index contributed by atoms with van der Waals surface area (Å²) in [5.41, 5.74) is 3.13. The van der Waals surface area contributed by atoms with Crippen LogP contribution in [0.3, 0.4) is 0 Å². The number of likely N-dealkylation sites (N-methyl/N-ethyl adjacent to an activating group) is 1. The number of methoxy groups -OCH3 is 1. The summed E-state index contributed by atoms with van der Waals surface area (Å²) in [6.07, 6.45) is 1.21. The molecule has 0 bridgehead atoms. The molecule has 3 rings (SSSR count). The summed E-state index contributed by atoms with van der Waals surface area (Å²) in [6.45, 7) is 2.20. The topological polar surface area (TPSA) is 65.1 Å². The number of hydrogen-bond acceptors (Lipinski definition) is 6. The Morgan fingerprint density at radius 1 is 0.886 bits per heavy atom. The molecule has 1 atom stereocenters. The van der Waals surface area contributed by atoms with E-state index in [2.05, 4.69) is 18.2 Å². The highest BCUT2D eigenvalue weighted by atomic mass is 16.6. The molecule has 3 aromatic carbocycles. The van der Waals surface area contributed by atoms with Gasteiger partial charge in [0, 0.05) is 12.1 Å². The molecule has 0 fully saturated rings. The van der Waals surface area contributed by atoms with Gasteiger partial charge in [0.2, 0.25) is 0 Å². The van der Waals surface area contributed by atoms with Crippen LogP contribution in [0.5, 0.6) is 11.5 Å². The molecule has 3 aromatic rings. The number of carbonyl (C=O) groups is 2. The van der Waals surface area contributed by atoms with E-state index in [1.807, 2.05) is 49.3 Å². The summed E-state index contributed by atoms with van der Waals surface area (Å²) in [7, 11) is 5.49. The van der Waals surface area contributed by atoms with Crippen LogP contribution in [0.4, 0.5) is 0 Å². The molecule has 0 aliphatic heterocycles. The van der Waals surface area contributed by atoms with Gasteiger partial charge in [-0.3, -0.25) is 4.79 Å². The first-order valence-corrected chi connectivity index (χ1v) is 11.7. The van der Waals surface area contributed by atoms with Crippen molar-refractivity contribution in [3.63, 3.8) is 0 Å². The van der Waals surface area contributed by atoms with Gasteiger partial charge in [-0.25, -0.2) is 4.79 Å². The molecule has 0 N–H and O–H groups in total. The van der Waals surface area contributed by atoms with Crippen molar-refractivity contribution < 1.29 is 23.8 Å². The van der Waals surface area contributed by atoms with E-state index >= 15 is 0 Å². The number of ketones is 1. The lowest BCUT2D eigenvalue weighted by atomic mass is 10.0. The van der Waals surface area contributed by atoms with Crippen molar-refractivity contribution >= 4 is 11.8 Å². The van der Waals surface area contributed by atoms with Gasteiger partial charge in [0.15, 0.2) is 5.78 Å². The molecule has 1 unspecified atom stereocenters. The molecule has 6 heteroatoms. The number of nitrogens with zero attached hydrogens (tertiary/aromatic N) is 1. The lowest BCUT2D eigenvalue weighted by Crippen LogP contribution is -2.35. The zero-order valence-corrected chi connectivity index (χ0v) is 20.8. The fourth-order valence-electron chi connectivity index (χ4n) is 3.72. The largest absolute Gasteiger partial charge is 0.497 e. The lowest BCUT2D eigenvalue weighted by Gasteiger charge is -2.22. The number of aryl methyl sites for hydroxylation is 2. The van der Waals surface area contributed by atoms with Gasteiger partial charge in [0.25, 0.3) is 0 Å². The average Bonchev–Trinajstić information content (AvgIpc) is 2.86. The quantitative estimate of drug-likeness (QED) is 0.276. The maximum absolute atomic E-state index is 12.8. The minimum Gasteiger partial charge on any atom is -0.497 e. The van der Waals surface area contributed by atoms with Crippen LogP contribution < -0.4 is 9.47 Å². The van der Waals surface area contributed by atoms with Crippen LogP contribution in [0.15, 0.2) is 72.8 Å². The molecule has 184 valence electrons. The Morgan fingerprint density at radius 3 is 2.29 bits per heavy atom. The minimum atomic E-state index is -0.479. The number of rotatable bonds is 12. The monoisotopic (exact) mass is 475 g/mol. The molecule has 0 amide bonds. The predicted molar refractivity (Wildman–Crippen MR) is 137 cm³/mol. The summed E-state index contributed by atoms with van der Waals surface area (Å²) >= 11 is 0. The molecule has 0 heterocycles. The second-order valence-electron chi connectivity index (χ2n) is 8.69. The summed E-state index contributed by atoms with van der Waals surface area (Å²) in [5, 5.41) is 0. The van der Waals surface area contributed by atoms with Gasteiger partial charge in [-0.2, -0.15) is 0 Å². The van der Waals surface area contributed by atoms with Crippen LogP contribution in [0.25, 0.3) is 0 Å². The van der Waals surface area contributed by atoms with E-state index in [-0.39, 0.29) is 12.4 Å². The molecule has 6 nitrogen and oxygen atoms in total. The summed E-state index contributed by atoms with van der Waals surface area (Å²) < 4.78 is 17.1. The molecule has 35 heavy (non-hydrogen) atoms. The fourth-order valence-corrected chi connectivity index (χ4v) is 3.72. The zero-order valence-electron chi connectivity index (χ0n) is 20.8. The van der Waals surface area contributed by atoms with Crippen molar-refractivity contribution in [2.75, 3.05) is 34.4 Å². The highest BCUT2D eigenvalue weighted by molar-refractivity contribution is 5.97. The predicted octanol–water partition coefficient (Wildman–Crippen LogP) is 4.85. The number of esters is 1. The van der Waals surface area contributed by atoms with Crippen LogP contribution in [-0.2, 0) is 17.6 Å². The Bertz CT molecular complexity index is 1120. The Balaban J connectivity index is 1.65. The van der Waals surface area contributed by atoms with E-state index in [0.717, 1.165) is 29.9 Å². The Morgan fingerprint density at radius 2 is 1.60 bits per heavy atom. The van der Waals surface area contributed by atoms with Gasteiger partial charge < -0.3 is 19.1 Å². The second-order valence-corrected chi connectivity index (χ2v) is 8.69. The third kappa shape index (κ3) is 7.97. The normalized spacial score (nSPS) is 11.7. The first-order chi connectivity index (χ1) is 16.9. The van der Waals surface area contributed by atoms with E-state index in [0.29, 0.717) is 17.7 Å². The van der Waals surface area contributed by atoms with E-state index in [4.69, 9.17) is 14.2 Å². The molecular formula is C29H33NO5. The standard InChI is InChI=1S/C29H33NO5/c1-21(31)24-9-7-10-25(18-24)29(32)35-27(19-30(2)3)20-34-28-11-6-5-8-23(28)15-12-22-13-16-26(33-4)17-14-22/h5-11,13-14,16-18,27H,12,15,19-20H2,1-4H3. The summed E-state index contributed by atoms with van der Waals surface area (Å²) in [5.74, 6) is 1.04. The maximum Gasteiger partial charge on any atom is 0.338 e. The van der Waals surface area contributed by atoms with Crippen molar-refractivity contribution in [3.05, 3.63) is 95.1 Å². The van der Waals surface area contributed by atoms with Gasteiger partial charge in [-0.05, 0) is 75.3 Å². The Labute approximate surface area is 207 Å². The third-order valence-electron chi connectivity index (χ3n) is 5.59. The number of hydrogen-bond donors (Lipinski definition) is 0. The SMILES string of the molecule is COc1ccc(CCc2ccccc2OCC(CN(C)C)OC(=O)c2cccc(C(C)=O)c2)cc1. The summed E-state index contributed by atoms with van der Waals surface area (Å²) in [4.78, 5) is 26.4. The van der Waals surface area contributed by atoms with Gasteiger partial charge >= 0.3 is 5.97 Å². The number of carbonyl (C=O) groups excluding carboxylic acids is 2. The van der Waals surface area contributed by atoms with Crippen molar-refractivity contribution in [2.24, 2.45) is 0 Å². The van der Waals surface area contributed by atoms with Crippen molar-refractivity contribution in [2.45, 2.75) is 25.9 Å². The van der Waals surface area contributed by atoms with Crippen LogP contribution in [0.2, 0.25) is 0 Å². The van der Waals surface area contributed by atoms with Gasteiger partial charge in [0.05, 0.1) is 12.7 Å². The summed E-state index contributed by atoms with van der Waals surface area (Å²) in [6, 6.07) is 22.6. The lowest BCUT2D eigenvalue weighted by molar-refractivity contribution is 0.0103. The molecular weight excluding hydrogens is 442 g/mol. The van der Waals surface area contributed by atoms with Crippen LogP contribution in [0.1, 0.15) is 38.8 Å². The Hall–Kier alpha value is -3.64. The smallest absolute Gasteiger partial charge is 0.338 e. The third-order valence-corrected chi connectivity index (χ3v) is 5.59. The van der Waals surface area contributed by atoms with Gasteiger partial charge in [-0.1, -0.05) is 42.5 Å². The zero-order chi connectivity index (χ0) is 25.2. The molecule has 0 saturated carbocycles. The Kier molecular flexibility index (Phi) is 9.44. The van der Waals surface area contributed by atoms with Gasteiger partial charge in [-0.15, -0.1) is 0 Å². The van der Waals surface area contributed by atoms with E-state index in [9.17, 15) is 9.59 Å². The van der Waals surface area contributed by atoms with Crippen LogP contribution >= 0.6 is 0 Å². The molecule has 0 aliphatic carbocycles. The van der Waals surface area contributed by atoms with Crippen LogP contribution in [-0.4, -0.2) is 57.1 Å². The molecule has 0 spiro atoms. The van der Waals surface area contributed by atoms with Crippen molar-refractivity contribution in [1.29, 1.82) is 0 Å². The van der Waals surface area contributed by atoms with E-state index in [1.54, 1.807) is 31.4 Å². The number of benzene rings is 3. The minimum absolute atomic E-state index is 0.0981. The average molecular weight is 476 g/mol. The number of ether oxygens (including phenoxy) is 3. The molecule has 0 aromatic heterocycles. The van der Waals surface area contributed by atoms with E-state index < -0.39 is 12.1 Å². The second kappa shape index (κ2) is 12.7. The first-order valence-electron chi connectivity index (χ1n) is 11.7. The number of para-hydroxylation sites is 1. The van der Waals surface area contributed by atoms with Gasteiger partial charge in [0.1, 0.15) is 24.2 Å².